The van der Waals surface area contributed by atoms with E-state index in [1.807, 2.05) is 22.9 Å². The number of aromatic nitrogens is 2. The summed E-state index contributed by atoms with van der Waals surface area (Å²) in [6.07, 6.45) is 10.9. The lowest BCUT2D eigenvalue weighted by Gasteiger charge is -2.42. The fourth-order valence-electron chi connectivity index (χ4n) is 4.91. The molecular formula is C22H31N3O3. The van der Waals surface area contributed by atoms with Gasteiger partial charge in [0, 0.05) is 36.5 Å². The van der Waals surface area contributed by atoms with Crippen molar-refractivity contribution in [3.8, 4) is 11.5 Å². The maximum atomic E-state index is 10.6. The molecule has 2 aromatic rings. The number of nitrogens with zero attached hydrogens (tertiary/aromatic N) is 3. The molecule has 1 aliphatic carbocycles. The molecule has 2 aliphatic rings. The van der Waals surface area contributed by atoms with E-state index in [1.165, 1.54) is 0 Å². The standard InChI is InChI=1S/C22H31N3O3/c1-27-19-6-2-5-18(21(19)28-14-13-24-12-10-23-17-24)15-25-11-4-9-22(16-25)8-3-7-20(22)26/h2,5-6,10,12,17,20,26H,3-4,7-9,11,13-16H2,1H3/t20-,22+/m1/s1. The van der Waals surface area contributed by atoms with Gasteiger partial charge in [0.1, 0.15) is 6.61 Å². The van der Waals surface area contributed by atoms with Crippen LogP contribution in [0.25, 0.3) is 0 Å². The van der Waals surface area contributed by atoms with Crippen molar-refractivity contribution >= 4 is 0 Å². The number of rotatable bonds is 7. The van der Waals surface area contributed by atoms with Gasteiger partial charge in [-0.15, -0.1) is 0 Å². The summed E-state index contributed by atoms with van der Waals surface area (Å²) >= 11 is 0. The van der Waals surface area contributed by atoms with Crippen molar-refractivity contribution in [3.63, 3.8) is 0 Å². The lowest BCUT2D eigenvalue weighted by Crippen LogP contribution is -2.46. The molecule has 152 valence electrons. The number of aliphatic hydroxyl groups excluding tert-OH is 1. The highest BCUT2D eigenvalue weighted by molar-refractivity contribution is 5.46. The lowest BCUT2D eigenvalue weighted by atomic mass is 9.76. The number of ether oxygens (including phenoxy) is 2. The Morgan fingerprint density at radius 3 is 2.93 bits per heavy atom. The maximum absolute atomic E-state index is 10.6. The predicted molar refractivity (Wildman–Crippen MR) is 108 cm³/mol. The molecule has 1 saturated carbocycles. The van der Waals surface area contributed by atoms with Gasteiger partial charge in [0.25, 0.3) is 0 Å². The SMILES string of the molecule is COc1cccc(CN2CCC[C@@]3(CCC[C@H]3O)C2)c1OCCn1ccnc1. The zero-order valence-electron chi connectivity index (χ0n) is 16.7. The van der Waals surface area contributed by atoms with E-state index in [0.717, 1.165) is 75.3 Å². The smallest absolute Gasteiger partial charge is 0.165 e. The largest absolute Gasteiger partial charge is 0.493 e. The highest BCUT2D eigenvalue weighted by Gasteiger charge is 2.44. The second-order valence-corrected chi connectivity index (χ2v) is 8.18. The highest BCUT2D eigenvalue weighted by atomic mass is 16.5. The van der Waals surface area contributed by atoms with E-state index in [9.17, 15) is 5.11 Å². The number of piperidine rings is 1. The molecule has 0 amide bonds. The normalized spacial score (nSPS) is 25.3. The maximum Gasteiger partial charge on any atom is 0.165 e. The Morgan fingerprint density at radius 1 is 1.29 bits per heavy atom. The molecule has 1 spiro atoms. The Balaban J connectivity index is 1.46. The average Bonchev–Trinajstić information content (AvgIpc) is 3.34. The van der Waals surface area contributed by atoms with Crippen LogP contribution in [-0.4, -0.2) is 52.5 Å². The molecule has 2 heterocycles. The highest BCUT2D eigenvalue weighted by Crippen LogP contribution is 2.45. The third-order valence-electron chi connectivity index (χ3n) is 6.38. The minimum Gasteiger partial charge on any atom is -0.493 e. The minimum atomic E-state index is -0.147. The minimum absolute atomic E-state index is 0.0968. The van der Waals surface area contributed by atoms with Crippen LogP contribution in [0.2, 0.25) is 0 Å². The summed E-state index contributed by atoms with van der Waals surface area (Å²) in [6, 6.07) is 6.11. The van der Waals surface area contributed by atoms with Gasteiger partial charge in [-0.25, -0.2) is 4.98 Å². The molecule has 2 atom stereocenters. The van der Waals surface area contributed by atoms with Crippen LogP contribution in [0.3, 0.4) is 0 Å². The van der Waals surface area contributed by atoms with Crippen molar-refractivity contribution in [2.75, 3.05) is 26.8 Å². The summed E-state index contributed by atoms with van der Waals surface area (Å²) in [5.41, 5.74) is 1.24. The number of benzene rings is 1. The van der Waals surface area contributed by atoms with Crippen molar-refractivity contribution in [1.82, 2.24) is 14.5 Å². The van der Waals surface area contributed by atoms with Crippen LogP contribution in [0, 0.1) is 5.41 Å². The Hall–Kier alpha value is -2.05. The van der Waals surface area contributed by atoms with Crippen LogP contribution in [-0.2, 0) is 13.1 Å². The van der Waals surface area contributed by atoms with E-state index in [1.54, 1.807) is 19.6 Å². The topological polar surface area (TPSA) is 59.8 Å². The molecule has 2 fully saturated rings. The Labute approximate surface area is 167 Å². The summed E-state index contributed by atoms with van der Waals surface area (Å²) in [5, 5.41) is 10.6. The molecule has 1 N–H and O–H groups in total. The molecule has 6 heteroatoms. The van der Waals surface area contributed by atoms with Gasteiger partial charge in [-0.1, -0.05) is 18.6 Å². The van der Waals surface area contributed by atoms with E-state index in [4.69, 9.17) is 9.47 Å². The van der Waals surface area contributed by atoms with Gasteiger partial charge in [-0.3, -0.25) is 4.90 Å². The van der Waals surface area contributed by atoms with Crippen LogP contribution in [0.5, 0.6) is 11.5 Å². The number of aliphatic hydroxyl groups is 1. The number of imidazole rings is 1. The van der Waals surface area contributed by atoms with E-state index >= 15 is 0 Å². The number of likely N-dealkylation sites (tertiary alicyclic amines) is 1. The quantitative estimate of drug-likeness (QED) is 0.794. The molecular weight excluding hydrogens is 354 g/mol. The third-order valence-corrected chi connectivity index (χ3v) is 6.38. The van der Waals surface area contributed by atoms with E-state index in [0.29, 0.717) is 6.61 Å². The molecule has 28 heavy (non-hydrogen) atoms. The molecule has 1 aromatic heterocycles. The molecule has 0 radical (unpaired) electrons. The summed E-state index contributed by atoms with van der Waals surface area (Å²) in [5.74, 6) is 1.60. The van der Waals surface area contributed by atoms with Crippen molar-refractivity contribution < 1.29 is 14.6 Å². The van der Waals surface area contributed by atoms with Gasteiger partial charge in [-0.05, 0) is 38.3 Å². The number of hydrogen-bond acceptors (Lipinski definition) is 5. The van der Waals surface area contributed by atoms with Crippen molar-refractivity contribution in [3.05, 3.63) is 42.5 Å². The third kappa shape index (κ3) is 4.03. The number of para-hydroxylation sites is 1. The first-order valence-corrected chi connectivity index (χ1v) is 10.3. The summed E-state index contributed by atoms with van der Waals surface area (Å²) in [6.45, 7) is 4.18. The van der Waals surface area contributed by atoms with Gasteiger partial charge >= 0.3 is 0 Å². The van der Waals surface area contributed by atoms with Crippen molar-refractivity contribution in [2.45, 2.75) is 51.3 Å². The molecule has 0 bridgehead atoms. The van der Waals surface area contributed by atoms with Gasteiger partial charge < -0.3 is 19.1 Å². The molecule has 1 aromatic carbocycles. The summed E-state index contributed by atoms with van der Waals surface area (Å²) in [4.78, 5) is 6.55. The zero-order chi connectivity index (χ0) is 19.4. The number of hydrogen-bond donors (Lipinski definition) is 1. The van der Waals surface area contributed by atoms with E-state index in [2.05, 4.69) is 16.0 Å². The second kappa shape index (κ2) is 8.53. The fourth-order valence-corrected chi connectivity index (χ4v) is 4.91. The van der Waals surface area contributed by atoms with Crippen molar-refractivity contribution in [1.29, 1.82) is 0 Å². The Bertz CT molecular complexity index is 764. The lowest BCUT2D eigenvalue weighted by molar-refractivity contribution is -0.0122. The average molecular weight is 386 g/mol. The molecule has 0 unspecified atom stereocenters. The molecule has 6 nitrogen and oxygen atoms in total. The first kappa shape index (κ1) is 19.3. The molecule has 4 rings (SSSR count). The van der Waals surface area contributed by atoms with Crippen LogP contribution in [0.15, 0.2) is 36.9 Å². The van der Waals surface area contributed by atoms with E-state index in [-0.39, 0.29) is 11.5 Å². The number of methoxy groups -OCH3 is 1. The van der Waals surface area contributed by atoms with Crippen LogP contribution in [0.4, 0.5) is 0 Å². The monoisotopic (exact) mass is 385 g/mol. The van der Waals surface area contributed by atoms with Crippen LogP contribution in [0.1, 0.15) is 37.7 Å². The van der Waals surface area contributed by atoms with Gasteiger partial charge in [-0.2, -0.15) is 0 Å². The molecule has 1 saturated heterocycles. The molecule has 1 aliphatic heterocycles. The summed E-state index contributed by atoms with van der Waals surface area (Å²) < 4.78 is 13.7. The van der Waals surface area contributed by atoms with Crippen LogP contribution < -0.4 is 9.47 Å². The Morgan fingerprint density at radius 2 is 2.18 bits per heavy atom. The van der Waals surface area contributed by atoms with Gasteiger partial charge in [0.2, 0.25) is 0 Å². The van der Waals surface area contributed by atoms with E-state index < -0.39 is 0 Å². The Kier molecular flexibility index (Phi) is 5.87. The summed E-state index contributed by atoms with van der Waals surface area (Å²) in [7, 11) is 1.69. The van der Waals surface area contributed by atoms with Crippen LogP contribution >= 0.6 is 0 Å². The van der Waals surface area contributed by atoms with Gasteiger partial charge in [0.15, 0.2) is 11.5 Å². The fraction of sp³-hybridized carbons (Fsp3) is 0.591. The predicted octanol–water partition coefficient (Wildman–Crippen LogP) is 3.10. The second-order valence-electron chi connectivity index (χ2n) is 8.18. The zero-order valence-corrected chi connectivity index (χ0v) is 16.7. The first-order valence-electron chi connectivity index (χ1n) is 10.3. The van der Waals surface area contributed by atoms with Gasteiger partial charge in [0.05, 0.1) is 26.1 Å². The van der Waals surface area contributed by atoms with Crippen molar-refractivity contribution in [2.24, 2.45) is 5.41 Å². The first-order chi connectivity index (χ1) is 13.7.